The first kappa shape index (κ1) is 13.9. The average Bonchev–Trinajstić information content (AvgIpc) is 2.71. The predicted molar refractivity (Wildman–Crippen MR) is 73.1 cm³/mol. The molecule has 0 saturated heterocycles. The van der Waals surface area contributed by atoms with E-state index in [0.717, 1.165) is 0 Å². The molecule has 2 heterocycles. The highest BCUT2D eigenvalue weighted by Gasteiger charge is 2.30. The van der Waals surface area contributed by atoms with Gasteiger partial charge in [-0.3, -0.25) is 9.29 Å². The van der Waals surface area contributed by atoms with Crippen LogP contribution in [-0.2, 0) is 17.1 Å². The lowest BCUT2D eigenvalue weighted by atomic mass is 10.4. The smallest absolute Gasteiger partial charge is 0.265 e. The van der Waals surface area contributed by atoms with Gasteiger partial charge in [-0.15, -0.1) is 5.10 Å². The molecule has 0 amide bonds. The van der Waals surface area contributed by atoms with E-state index in [-0.39, 0.29) is 9.63 Å². The Morgan fingerprint density at radius 3 is 2.47 bits per heavy atom. The molecular weight excluding hydrogens is 334 g/mol. The largest absolute Gasteiger partial charge is 0.284 e. The molecule has 0 saturated carbocycles. The van der Waals surface area contributed by atoms with Gasteiger partial charge in [0.05, 0.1) is 5.69 Å². The zero-order valence-corrected chi connectivity index (χ0v) is 12.8. The van der Waals surface area contributed by atoms with E-state index in [0.29, 0.717) is 12.2 Å². The Bertz CT molecular complexity index is 651. The highest BCUT2D eigenvalue weighted by molar-refractivity contribution is 9.10. The molecular formula is C10H12BrN5O2S. The van der Waals surface area contributed by atoms with Gasteiger partial charge in [-0.1, -0.05) is 5.21 Å². The van der Waals surface area contributed by atoms with Crippen LogP contribution in [0.25, 0.3) is 0 Å². The number of hydrogen-bond acceptors (Lipinski definition) is 5. The van der Waals surface area contributed by atoms with Gasteiger partial charge < -0.3 is 0 Å². The van der Waals surface area contributed by atoms with Crippen LogP contribution in [0.2, 0.25) is 0 Å². The lowest BCUT2D eigenvalue weighted by Gasteiger charge is -2.22. The normalized spacial score (nSPS) is 11.5. The molecule has 0 spiro atoms. The minimum absolute atomic E-state index is 0.0196. The van der Waals surface area contributed by atoms with Crippen molar-refractivity contribution in [3.05, 3.63) is 29.1 Å². The molecule has 9 heteroatoms. The van der Waals surface area contributed by atoms with Gasteiger partial charge in [0.25, 0.3) is 10.0 Å². The van der Waals surface area contributed by atoms with Crippen LogP contribution in [0.3, 0.4) is 0 Å². The quantitative estimate of drug-likeness (QED) is 0.831. The Labute approximate surface area is 119 Å². The summed E-state index contributed by atoms with van der Waals surface area (Å²) < 4.78 is 28.0. The molecule has 0 aliphatic carbocycles. The highest BCUT2D eigenvalue weighted by Crippen LogP contribution is 2.26. The van der Waals surface area contributed by atoms with Gasteiger partial charge in [-0.25, -0.2) is 4.68 Å². The number of pyridine rings is 1. The molecule has 7 nitrogen and oxygen atoms in total. The van der Waals surface area contributed by atoms with Gasteiger partial charge >= 0.3 is 0 Å². The second-order valence-electron chi connectivity index (χ2n) is 3.68. The van der Waals surface area contributed by atoms with E-state index >= 15 is 0 Å². The van der Waals surface area contributed by atoms with Crippen molar-refractivity contribution in [2.75, 3.05) is 10.8 Å². The molecule has 0 atom stereocenters. The maximum atomic E-state index is 12.6. The van der Waals surface area contributed by atoms with Crippen LogP contribution in [0.1, 0.15) is 6.92 Å². The topological polar surface area (TPSA) is 81.0 Å². The summed E-state index contributed by atoms with van der Waals surface area (Å²) in [7, 11) is -2.19. The number of sulfonamides is 1. The van der Waals surface area contributed by atoms with E-state index in [9.17, 15) is 8.42 Å². The molecule has 0 unspecified atom stereocenters. The molecule has 0 N–H and O–H groups in total. The Hall–Kier alpha value is -1.48. The molecule has 0 aromatic carbocycles. The molecule has 2 aromatic rings. The summed E-state index contributed by atoms with van der Waals surface area (Å²) in [5.41, 5.74) is 0.547. The number of halogens is 1. The summed E-state index contributed by atoms with van der Waals surface area (Å²) in [6.07, 6.45) is 3.09. The first-order valence-electron chi connectivity index (χ1n) is 5.46. The van der Waals surface area contributed by atoms with Crippen LogP contribution >= 0.6 is 15.9 Å². The van der Waals surface area contributed by atoms with Gasteiger partial charge in [0, 0.05) is 26.0 Å². The summed E-state index contributed by atoms with van der Waals surface area (Å²) in [5, 5.41) is 7.42. The van der Waals surface area contributed by atoms with Crippen molar-refractivity contribution in [3.63, 3.8) is 0 Å². The van der Waals surface area contributed by atoms with E-state index in [1.54, 1.807) is 31.5 Å². The van der Waals surface area contributed by atoms with Crippen LogP contribution in [0.4, 0.5) is 5.69 Å². The number of aromatic nitrogens is 4. The Kier molecular flexibility index (Phi) is 3.85. The minimum atomic E-state index is -3.73. The maximum Gasteiger partial charge on any atom is 0.284 e. The van der Waals surface area contributed by atoms with Crippen molar-refractivity contribution in [1.29, 1.82) is 0 Å². The fraction of sp³-hybridized carbons (Fsp3) is 0.300. The standard InChI is InChI=1S/C10H12BrN5O2S/c1-3-16(8-4-6-12-7-5-8)19(17,18)10-9(11)13-14-15(10)2/h4-7H,3H2,1-2H3. The van der Waals surface area contributed by atoms with Gasteiger partial charge in [0.1, 0.15) is 0 Å². The van der Waals surface area contributed by atoms with Gasteiger partial charge in [0.2, 0.25) is 5.03 Å². The molecule has 19 heavy (non-hydrogen) atoms. The van der Waals surface area contributed by atoms with Crippen molar-refractivity contribution in [3.8, 4) is 0 Å². The van der Waals surface area contributed by atoms with E-state index in [1.165, 1.54) is 16.0 Å². The third-order valence-electron chi connectivity index (χ3n) is 2.51. The zero-order valence-electron chi connectivity index (χ0n) is 10.4. The molecule has 102 valence electrons. The van der Waals surface area contributed by atoms with Gasteiger partial charge in [-0.2, -0.15) is 8.42 Å². The summed E-state index contributed by atoms with van der Waals surface area (Å²) in [5.74, 6) is 0. The maximum absolute atomic E-state index is 12.6. The summed E-state index contributed by atoms with van der Waals surface area (Å²) >= 11 is 3.11. The number of nitrogens with zero attached hydrogens (tertiary/aromatic N) is 5. The number of anilines is 1. The third kappa shape index (κ3) is 2.47. The van der Waals surface area contributed by atoms with Gasteiger partial charge in [-0.05, 0) is 35.0 Å². The summed E-state index contributed by atoms with van der Waals surface area (Å²) in [6, 6.07) is 3.28. The fourth-order valence-corrected chi connectivity index (χ4v) is 4.22. The molecule has 0 aliphatic rings. The molecule has 2 aromatic heterocycles. The molecule has 0 fully saturated rings. The first-order valence-corrected chi connectivity index (χ1v) is 7.69. The van der Waals surface area contributed by atoms with E-state index in [1.807, 2.05) is 0 Å². The zero-order chi connectivity index (χ0) is 14.0. The van der Waals surface area contributed by atoms with Crippen molar-refractivity contribution >= 4 is 31.6 Å². The summed E-state index contributed by atoms with van der Waals surface area (Å²) in [4.78, 5) is 3.88. The van der Waals surface area contributed by atoms with Crippen molar-refractivity contribution in [1.82, 2.24) is 20.0 Å². The first-order chi connectivity index (χ1) is 8.98. The highest BCUT2D eigenvalue weighted by atomic mass is 79.9. The van der Waals surface area contributed by atoms with Crippen LogP contribution in [-0.4, -0.2) is 34.9 Å². The average molecular weight is 346 g/mol. The Morgan fingerprint density at radius 2 is 2.00 bits per heavy atom. The van der Waals surface area contributed by atoms with E-state index in [2.05, 4.69) is 31.2 Å². The van der Waals surface area contributed by atoms with E-state index in [4.69, 9.17) is 0 Å². The van der Waals surface area contributed by atoms with Crippen molar-refractivity contribution in [2.45, 2.75) is 11.9 Å². The second kappa shape index (κ2) is 5.25. The fourth-order valence-electron chi connectivity index (χ4n) is 1.70. The SMILES string of the molecule is CCN(c1ccncc1)S(=O)(=O)c1c(Br)nnn1C. The van der Waals surface area contributed by atoms with Crippen molar-refractivity contribution in [2.24, 2.45) is 7.05 Å². The molecule has 0 radical (unpaired) electrons. The number of rotatable bonds is 4. The lowest BCUT2D eigenvalue weighted by molar-refractivity contribution is 0.570. The predicted octanol–water partition coefficient (Wildman–Crippen LogP) is 1.19. The molecule has 2 rings (SSSR count). The Balaban J connectivity index is 2.55. The number of aryl methyl sites for hydroxylation is 1. The molecule has 0 bridgehead atoms. The molecule has 0 aliphatic heterocycles. The van der Waals surface area contributed by atoms with Crippen LogP contribution in [0, 0.1) is 0 Å². The third-order valence-corrected chi connectivity index (χ3v) is 5.30. The van der Waals surface area contributed by atoms with Crippen LogP contribution < -0.4 is 4.31 Å². The van der Waals surface area contributed by atoms with E-state index < -0.39 is 10.0 Å². The second-order valence-corrected chi connectivity index (χ2v) is 6.21. The minimum Gasteiger partial charge on any atom is -0.265 e. The van der Waals surface area contributed by atoms with Crippen molar-refractivity contribution < 1.29 is 8.42 Å². The van der Waals surface area contributed by atoms with Crippen LogP contribution in [0.15, 0.2) is 34.2 Å². The summed E-state index contributed by atoms with van der Waals surface area (Å²) in [6.45, 7) is 2.06. The lowest BCUT2D eigenvalue weighted by Crippen LogP contribution is -2.32. The van der Waals surface area contributed by atoms with Crippen LogP contribution in [0.5, 0.6) is 0 Å². The Morgan fingerprint density at radius 1 is 1.37 bits per heavy atom. The monoisotopic (exact) mass is 345 g/mol. The number of hydrogen-bond donors (Lipinski definition) is 0. The van der Waals surface area contributed by atoms with Gasteiger partial charge in [0.15, 0.2) is 4.60 Å².